The summed E-state index contributed by atoms with van der Waals surface area (Å²) < 4.78 is 6.43. The van der Waals surface area contributed by atoms with E-state index in [1.165, 1.54) is 0 Å². The molecule has 1 aliphatic rings. The van der Waals surface area contributed by atoms with E-state index >= 15 is 0 Å². The fourth-order valence-corrected chi connectivity index (χ4v) is 2.32. The molecule has 5 heteroatoms. The Morgan fingerprint density at radius 1 is 1.61 bits per heavy atom. The zero-order chi connectivity index (χ0) is 13.0. The van der Waals surface area contributed by atoms with E-state index in [4.69, 9.17) is 4.74 Å². The third-order valence-corrected chi connectivity index (χ3v) is 3.42. The van der Waals surface area contributed by atoms with Gasteiger partial charge in [-0.1, -0.05) is 28.1 Å². The number of halogens is 1. The minimum absolute atomic E-state index is 0.0273. The first-order valence-corrected chi connectivity index (χ1v) is 6.84. The normalized spacial score (nSPS) is 21.3. The van der Waals surface area contributed by atoms with E-state index in [1.807, 2.05) is 31.2 Å². The lowest BCUT2D eigenvalue weighted by Gasteiger charge is -2.24. The smallest absolute Gasteiger partial charge is 0.250 e. The molecule has 0 spiro atoms. The number of amides is 1. The van der Waals surface area contributed by atoms with Crippen LogP contribution in [0.15, 0.2) is 28.7 Å². The molecule has 18 heavy (non-hydrogen) atoms. The SMILES string of the molecule is C[C@H](NC(=O)C1CNCCO1)c1cccc(Br)c1. The van der Waals surface area contributed by atoms with E-state index < -0.39 is 0 Å². The molecule has 98 valence electrons. The van der Waals surface area contributed by atoms with Crippen LogP contribution in [-0.2, 0) is 9.53 Å². The molecule has 0 aromatic heterocycles. The molecule has 1 aromatic carbocycles. The highest BCUT2D eigenvalue weighted by Gasteiger charge is 2.23. The molecule has 1 fully saturated rings. The molecule has 2 atom stereocenters. The highest BCUT2D eigenvalue weighted by molar-refractivity contribution is 9.10. The second kappa shape index (κ2) is 6.31. The predicted molar refractivity (Wildman–Crippen MR) is 73.3 cm³/mol. The summed E-state index contributed by atoms with van der Waals surface area (Å²) in [6.45, 7) is 3.95. The maximum atomic E-state index is 12.0. The zero-order valence-electron chi connectivity index (χ0n) is 10.3. The van der Waals surface area contributed by atoms with Crippen LogP contribution in [0.5, 0.6) is 0 Å². The number of carbonyl (C=O) groups excluding carboxylic acids is 1. The van der Waals surface area contributed by atoms with Crippen LogP contribution in [0.4, 0.5) is 0 Å². The van der Waals surface area contributed by atoms with Crippen LogP contribution in [0.25, 0.3) is 0 Å². The summed E-state index contributed by atoms with van der Waals surface area (Å²) in [5, 5.41) is 6.11. The summed E-state index contributed by atoms with van der Waals surface area (Å²) in [5.74, 6) is -0.0605. The van der Waals surface area contributed by atoms with Crippen LogP contribution in [0.3, 0.4) is 0 Å². The van der Waals surface area contributed by atoms with Gasteiger partial charge in [-0.3, -0.25) is 4.79 Å². The van der Waals surface area contributed by atoms with Crippen molar-refractivity contribution in [2.24, 2.45) is 0 Å². The number of morpholine rings is 1. The van der Waals surface area contributed by atoms with Crippen molar-refractivity contribution in [3.63, 3.8) is 0 Å². The van der Waals surface area contributed by atoms with Crippen molar-refractivity contribution in [2.45, 2.75) is 19.1 Å². The molecule has 1 heterocycles. The van der Waals surface area contributed by atoms with Crippen molar-refractivity contribution in [3.05, 3.63) is 34.3 Å². The van der Waals surface area contributed by atoms with Gasteiger partial charge in [-0.25, -0.2) is 0 Å². The second-order valence-corrected chi connectivity index (χ2v) is 5.26. The number of ether oxygens (including phenoxy) is 1. The van der Waals surface area contributed by atoms with E-state index in [9.17, 15) is 4.79 Å². The largest absolute Gasteiger partial charge is 0.366 e. The fraction of sp³-hybridized carbons (Fsp3) is 0.462. The van der Waals surface area contributed by atoms with Crippen molar-refractivity contribution in [2.75, 3.05) is 19.7 Å². The van der Waals surface area contributed by atoms with Crippen LogP contribution in [0.2, 0.25) is 0 Å². The van der Waals surface area contributed by atoms with Gasteiger partial charge in [-0.2, -0.15) is 0 Å². The lowest BCUT2D eigenvalue weighted by Crippen LogP contribution is -2.48. The van der Waals surface area contributed by atoms with E-state index in [0.717, 1.165) is 16.6 Å². The molecule has 0 aliphatic carbocycles. The zero-order valence-corrected chi connectivity index (χ0v) is 11.9. The van der Waals surface area contributed by atoms with Gasteiger partial charge in [0.15, 0.2) is 0 Å². The van der Waals surface area contributed by atoms with Gasteiger partial charge < -0.3 is 15.4 Å². The Hall–Kier alpha value is -0.910. The Morgan fingerprint density at radius 3 is 3.11 bits per heavy atom. The predicted octanol–water partition coefficient (Wildman–Crippen LogP) is 1.61. The minimum atomic E-state index is -0.381. The second-order valence-electron chi connectivity index (χ2n) is 4.35. The van der Waals surface area contributed by atoms with Gasteiger partial charge in [-0.05, 0) is 24.6 Å². The molecular formula is C13H17BrN2O2. The third kappa shape index (κ3) is 3.54. The van der Waals surface area contributed by atoms with Crippen LogP contribution in [0, 0.1) is 0 Å². The molecule has 2 N–H and O–H groups in total. The first-order valence-electron chi connectivity index (χ1n) is 6.05. The summed E-state index contributed by atoms with van der Waals surface area (Å²) in [4.78, 5) is 12.0. The number of rotatable bonds is 3. The number of hydrogen-bond acceptors (Lipinski definition) is 3. The first-order chi connectivity index (χ1) is 8.66. The van der Waals surface area contributed by atoms with E-state index in [1.54, 1.807) is 0 Å². The Bertz CT molecular complexity index is 419. The highest BCUT2D eigenvalue weighted by atomic mass is 79.9. The number of carbonyl (C=O) groups is 1. The van der Waals surface area contributed by atoms with E-state index in [2.05, 4.69) is 26.6 Å². The third-order valence-electron chi connectivity index (χ3n) is 2.93. The van der Waals surface area contributed by atoms with Crippen molar-refractivity contribution in [1.82, 2.24) is 10.6 Å². The van der Waals surface area contributed by atoms with Gasteiger partial charge >= 0.3 is 0 Å². The summed E-state index contributed by atoms with van der Waals surface area (Å²) >= 11 is 3.43. The number of benzene rings is 1. The summed E-state index contributed by atoms with van der Waals surface area (Å²) in [7, 11) is 0. The maximum absolute atomic E-state index is 12.0. The van der Waals surface area contributed by atoms with Crippen molar-refractivity contribution in [1.29, 1.82) is 0 Å². The van der Waals surface area contributed by atoms with Crippen molar-refractivity contribution in [3.8, 4) is 0 Å². The van der Waals surface area contributed by atoms with Crippen molar-refractivity contribution < 1.29 is 9.53 Å². The number of nitrogens with one attached hydrogen (secondary N) is 2. The average Bonchev–Trinajstić information content (AvgIpc) is 2.39. The number of hydrogen-bond donors (Lipinski definition) is 2. The Labute approximate surface area is 115 Å². The average molecular weight is 313 g/mol. The van der Waals surface area contributed by atoms with E-state index in [0.29, 0.717) is 13.2 Å². The van der Waals surface area contributed by atoms with Crippen LogP contribution in [0.1, 0.15) is 18.5 Å². The molecule has 0 bridgehead atoms. The van der Waals surface area contributed by atoms with Crippen molar-refractivity contribution >= 4 is 21.8 Å². The molecule has 2 rings (SSSR count). The molecule has 1 saturated heterocycles. The van der Waals surface area contributed by atoms with Crippen LogP contribution >= 0.6 is 15.9 Å². The lowest BCUT2D eigenvalue weighted by molar-refractivity contribution is -0.134. The quantitative estimate of drug-likeness (QED) is 0.891. The Kier molecular flexibility index (Phi) is 4.74. The molecule has 4 nitrogen and oxygen atoms in total. The summed E-state index contributed by atoms with van der Waals surface area (Å²) in [6, 6.07) is 7.90. The van der Waals surface area contributed by atoms with Gasteiger partial charge in [0.05, 0.1) is 12.6 Å². The molecule has 1 unspecified atom stereocenters. The lowest BCUT2D eigenvalue weighted by atomic mass is 10.1. The molecular weight excluding hydrogens is 296 g/mol. The Morgan fingerprint density at radius 2 is 2.44 bits per heavy atom. The van der Waals surface area contributed by atoms with Gasteiger partial charge in [0, 0.05) is 17.6 Å². The molecule has 0 saturated carbocycles. The van der Waals surface area contributed by atoms with E-state index in [-0.39, 0.29) is 18.1 Å². The molecule has 1 aliphatic heterocycles. The topological polar surface area (TPSA) is 50.4 Å². The summed E-state index contributed by atoms with van der Waals surface area (Å²) in [5.41, 5.74) is 1.07. The molecule has 0 radical (unpaired) electrons. The highest BCUT2D eigenvalue weighted by Crippen LogP contribution is 2.18. The summed E-state index contributed by atoms with van der Waals surface area (Å²) in [6.07, 6.45) is -0.381. The molecule has 1 aromatic rings. The van der Waals surface area contributed by atoms with Crippen LogP contribution < -0.4 is 10.6 Å². The van der Waals surface area contributed by atoms with Gasteiger partial charge in [0.2, 0.25) is 0 Å². The first kappa shape index (κ1) is 13.5. The monoisotopic (exact) mass is 312 g/mol. The minimum Gasteiger partial charge on any atom is -0.366 e. The molecule has 1 amide bonds. The Balaban J connectivity index is 1.94. The van der Waals surface area contributed by atoms with Gasteiger partial charge in [-0.15, -0.1) is 0 Å². The fourth-order valence-electron chi connectivity index (χ4n) is 1.90. The van der Waals surface area contributed by atoms with Gasteiger partial charge in [0.25, 0.3) is 5.91 Å². The van der Waals surface area contributed by atoms with Gasteiger partial charge in [0.1, 0.15) is 6.10 Å². The standard InChI is InChI=1S/C13H17BrN2O2/c1-9(10-3-2-4-11(14)7-10)16-13(17)12-8-15-5-6-18-12/h2-4,7,9,12,15H,5-6,8H2,1H3,(H,16,17)/t9-,12?/m0/s1. The maximum Gasteiger partial charge on any atom is 0.250 e. The van der Waals surface area contributed by atoms with Crippen LogP contribution in [-0.4, -0.2) is 31.7 Å².